The van der Waals surface area contributed by atoms with Gasteiger partial charge in [0, 0.05) is 23.4 Å². The molecule has 2 N–H and O–H groups in total. The minimum atomic E-state index is 0.545. The van der Waals surface area contributed by atoms with Gasteiger partial charge in [0.15, 0.2) is 5.16 Å². The van der Waals surface area contributed by atoms with Crippen molar-refractivity contribution in [1.29, 1.82) is 0 Å². The second-order valence-electron chi connectivity index (χ2n) is 3.64. The summed E-state index contributed by atoms with van der Waals surface area (Å²) < 4.78 is 1.77. The molecule has 4 nitrogen and oxygen atoms in total. The van der Waals surface area contributed by atoms with Crippen molar-refractivity contribution in [2.45, 2.75) is 28.4 Å². The Hall–Kier alpha value is -0.980. The number of nitrogens with two attached hydrogens (primary N) is 1. The zero-order chi connectivity index (χ0) is 13.0. The molecule has 1 heterocycles. The van der Waals surface area contributed by atoms with Gasteiger partial charge in [-0.15, -0.1) is 11.8 Å². The first kappa shape index (κ1) is 13.5. The zero-order valence-electron chi connectivity index (χ0n) is 10.5. The van der Waals surface area contributed by atoms with E-state index in [0.29, 0.717) is 6.54 Å². The lowest BCUT2D eigenvalue weighted by Gasteiger charge is -2.11. The van der Waals surface area contributed by atoms with E-state index < -0.39 is 0 Å². The van der Waals surface area contributed by atoms with Gasteiger partial charge in [0.25, 0.3) is 0 Å². The smallest absolute Gasteiger partial charge is 0.190 e. The lowest BCUT2D eigenvalue weighted by atomic mass is 10.2. The van der Waals surface area contributed by atoms with E-state index in [2.05, 4.69) is 35.2 Å². The predicted molar refractivity (Wildman–Crippen MR) is 75.9 cm³/mol. The summed E-state index contributed by atoms with van der Waals surface area (Å²) >= 11 is 3.43. The van der Waals surface area contributed by atoms with Crippen molar-refractivity contribution in [3.63, 3.8) is 0 Å². The molecule has 0 spiro atoms. The summed E-state index contributed by atoms with van der Waals surface area (Å²) in [6, 6.07) is 6.27. The summed E-state index contributed by atoms with van der Waals surface area (Å²) in [6.45, 7) is 2.69. The first-order chi connectivity index (χ1) is 8.76. The number of benzene rings is 1. The summed E-state index contributed by atoms with van der Waals surface area (Å²) in [6.07, 6.45) is 1.56. The molecule has 0 bridgehead atoms. The quantitative estimate of drug-likeness (QED) is 0.853. The van der Waals surface area contributed by atoms with Gasteiger partial charge >= 0.3 is 0 Å². The highest BCUT2D eigenvalue weighted by Crippen LogP contribution is 2.34. The first-order valence-corrected chi connectivity index (χ1v) is 7.53. The fourth-order valence-electron chi connectivity index (χ4n) is 1.61. The van der Waals surface area contributed by atoms with Gasteiger partial charge in [0.2, 0.25) is 0 Å². The molecule has 0 amide bonds. The van der Waals surface area contributed by atoms with Gasteiger partial charge in [-0.2, -0.15) is 5.10 Å². The number of aromatic nitrogens is 3. The van der Waals surface area contributed by atoms with Crippen LogP contribution in [0.4, 0.5) is 0 Å². The van der Waals surface area contributed by atoms with Crippen molar-refractivity contribution < 1.29 is 0 Å². The van der Waals surface area contributed by atoms with Gasteiger partial charge in [-0.25, -0.2) is 9.67 Å². The monoisotopic (exact) mass is 280 g/mol. The molecule has 1 aromatic carbocycles. The number of rotatable bonds is 5. The Morgan fingerprint density at radius 3 is 2.72 bits per heavy atom. The van der Waals surface area contributed by atoms with E-state index in [4.69, 9.17) is 5.73 Å². The Bertz CT molecular complexity index is 525. The second kappa shape index (κ2) is 6.26. The third kappa shape index (κ3) is 2.88. The Balaban J connectivity index is 2.32. The molecular formula is C12H16N4S2. The van der Waals surface area contributed by atoms with Crippen LogP contribution in [-0.4, -0.2) is 20.5 Å². The van der Waals surface area contributed by atoms with Crippen molar-refractivity contribution in [1.82, 2.24) is 14.8 Å². The van der Waals surface area contributed by atoms with Crippen molar-refractivity contribution in [3.05, 3.63) is 30.1 Å². The highest BCUT2D eigenvalue weighted by molar-refractivity contribution is 8.00. The van der Waals surface area contributed by atoms with Gasteiger partial charge in [-0.1, -0.05) is 13.0 Å². The predicted octanol–water partition coefficient (Wildman–Crippen LogP) is 2.54. The summed E-state index contributed by atoms with van der Waals surface area (Å²) in [4.78, 5) is 6.65. The average Bonchev–Trinajstić information content (AvgIpc) is 2.76. The fourth-order valence-corrected chi connectivity index (χ4v) is 3.47. The fraction of sp³-hybridized carbons (Fsp3) is 0.333. The molecule has 0 saturated carbocycles. The SMILES string of the molecule is CCSc1cccc(Sc2ncnn2C)c1CN. The number of hydrogen-bond acceptors (Lipinski definition) is 5. The topological polar surface area (TPSA) is 56.7 Å². The van der Waals surface area contributed by atoms with E-state index in [9.17, 15) is 0 Å². The van der Waals surface area contributed by atoms with E-state index in [-0.39, 0.29) is 0 Å². The van der Waals surface area contributed by atoms with Gasteiger partial charge < -0.3 is 5.73 Å². The van der Waals surface area contributed by atoms with Crippen LogP contribution in [-0.2, 0) is 13.6 Å². The zero-order valence-corrected chi connectivity index (χ0v) is 12.1. The van der Waals surface area contributed by atoms with E-state index in [1.165, 1.54) is 10.5 Å². The molecule has 2 aromatic rings. The van der Waals surface area contributed by atoms with Crippen molar-refractivity contribution in [3.8, 4) is 0 Å². The molecule has 6 heteroatoms. The molecule has 96 valence electrons. The molecule has 0 saturated heterocycles. The van der Waals surface area contributed by atoms with Gasteiger partial charge in [-0.3, -0.25) is 0 Å². The Labute approximate surface area is 115 Å². The van der Waals surface area contributed by atoms with E-state index in [1.54, 1.807) is 22.8 Å². The lowest BCUT2D eigenvalue weighted by molar-refractivity contribution is 0.685. The molecular weight excluding hydrogens is 264 g/mol. The summed E-state index contributed by atoms with van der Waals surface area (Å²) in [7, 11) is 1.89. The van der Waals surface area contributed by atoms with Crippen LogP contribution in [0, 0.1) is 0 Å². The molecule has 0 radical (unpaired) electrons. The van der Waals surface area contributed by atoms with Crippen LogP contribution in [0.15, 0.2) is 39.5 Å². The highest BCUT2D eigenvalue weighted by Gasteiger charge is 2.10. The van der Waals surface area contributed by atoms with Crippen LogP contribution < -0.4 is 5.73 Å². The molecule has 0 atom stereocenters. The van der Waals surface area contributed by atoms with Gasteiger partial charge in [0.1, 0.15) is 6.33 Å². The maximum Gasteiger partial charge on any atom is 0.190 e. The average molecular weight is 280 g/mol. The molecule has 1 aromatic heterocycles. The third-order valence-electron chi connectivity index (χ3n) is 2.47. The second-order valence-corrected chi connectivity index (χ2v) is 5.95. The molecule has 18 heavy (non-hydrogen) atoms. The number of thioether (sulfide) groups is 1. The molecule has 0 unspecified atom stereocenters. The Kier molecular flexibility index (Phi) is 4.68. The van der Waals surface area contributed by atoms with E-state index >= 15 is 0 Å². The van der Waals surface area contributed by atoms with Crippen LogP contribution in [0.3, 0.4) is 0 Å². The highest BCUT2D eigenvalue weighted by atomic mass is 32.2. The van der Waals surface area contributed by atoms with Crippen LogP contribution in [0.25, 0.3) is 0 Å². The van der Waals surface area contributed by atoms with Crippen LogP contribution in [0.1, 0.15) is 12.5 Å². The largest absolute Gasteiger partial charge is 0.326 e. The minimum Gasteiger partial charge on any atom is -0.326 e. The minimum absolute atomic E-state index is 0.545. The third-order valence-corrected chi connectivity index (χ3v) is 4.60. The maximum atomic E-state index is 5.88. The van der Waals surface area contributed by atoms with E-state index in [0.717, 1.165) is 15.8 Å². The van der Waals surface area contributed by atoms with Crippen LogP contribution >= 0.6 is 23.5 Å². The Morgan fingerprint density at radius 2 is 2.11 bits per heavy atom. The summed E-state index contributed by atoms with van der Waals surface area (Å²) in [5.74, 6) is 1.05. The van der Waals surface area contributed by atoms with Crippen molar-refractivity contribution in [2.75, 3.05) is 5.75 Å². The van der Waals surface area contributed by atoms with Crippen molar-refractivity contribution >= 4 is 23.5 Å². The van der Waals surface area contributed by atoms with Gasteiger partial charge in [-0.05, 0) is 35.2 Å². The molecule has 0 aliphatic heterocycles. The van der Waals surface area contributed by atoms with Crippen LogP contribution in [0.2, 0.25) is 0 Å². The summed E-state index contributed by atoms with van der Waals surface area (Å²) in [5, 5.41) is 4.95. The number of nitrogens with zero attached hydrogens (tertiary/aromatic N) is 3. The molecule has 0 fully saturated rings. The normalized spacial score (nSPS) is 10.8. The number of hydrogen-bond donors (Lipinski definition) is 1. The molecule has 0 aliphatic carbocycles. The summed E-state index contributed by atoms with van der Waals surface area (Å²) in [5.41, 5.74) is 7.07. The molecule has 2 rings (SSSR count). The first-order valence-electron chi connectivity index (χ1n) is 5.72. The van der Waals surface area contributed by atoms with Gasteiger partial charge in [0.05, 0.1) is 0 Å². The van der Waals surface area contributed by atoms with Crippen molar-refractivity contribution in [2.24, 2.45) is 12.8 Å². The van der Waals surface area contributed by atoms with E-state index in [1.807, 2.05) is 18.8 Å². The van der Waals surface area contributed by atoms with Crippen LogP contribution in [0.5, 0.6) is 0 Å². The lowest BCUT2D eigenvalue weighted by Crippen LogP contribution is -2.01. The number of aryl methyl sites for hydroxylation is 1. The Morgan fingerprint density at radius 1 is 1.33 bits per heavy atom. The maximum absolute atomic E-state index is 5.88. The molecule has 0 aliphatic rings. The standard InChI is InChI=1S/C12H16N4S2/c1-3-17-10-5-4-6-11(9(10)7-13)18-12-14-8-15-16(12)2/h4-6,8H,3,7,13H2,1-2H3.